The molecular formula is C14H18ClNO2. The lowest BCUT2D eigenvalue weighted by molar-refractivity contribution is -0.118. The smallest absolute Gasteiger partial charge is 0.138 e. The zero-order valence-corrected chi connectivity index (χ0v) is 11.3. The lowest BCUT2D eigenvalue weighted by Gasteiger charge is -2.10. The third-order valence-corrected chi connectivity index (χ3v) is 3.45. The molecule has 18 heavy (non-hydrogen) atoms. The van der Waals surface area contributed by atoms with Crippen LogP contribution in [0, 0.1) is 0 Å². The summed E-state index contributed by atoms with van der Waals surface area (Å²) in [6.07, 6.45) is 2.45. The molecule has 1 aromatic carbocycles. The van der Waals surface area contributed by atoms with Crippen molar-refractivity contribution in [1.82, 2.24) is 0 Å². The zero-order valence-electron chi connectivity index (χ0n) is 10.5. The van der Waals surface area contributed by atoms with Gasteiger partial charge in [-0.15, -0.1) is 0 Å². The van der Waals surface area contributed by atoms with Crippen molar-refractivity contribution in [1.29, 1.82) is 0 Å². The van der Waals surface area contributed by atoms with Crippen molar-refractivity contribution in [3.63, 3.8) is 0 Å². The zero-order chi connectivity index (χ0) is 13.1. The molecule has 0 amide bonds. The molecule has 1 aliphatic rings. The number of ketones is 1. The Labute approximate surface area is 112 Å². The Morgan fingerprint density at radius 3 is 3.06 bits per heavy atom. The van der Waals surface area contributed by atoms with Crippen LogP contribution in [0.25, 0.3) is 0 Å². The number of carbonyl (C=O) groups excluding carboxylic acids is 1. The van der Waals surface area contributed by atoms with Gasteiger partial charge in [0.2, 0.25) is 0 Å². The van der Waals surface area contributed by atoms with E-state index < -0.39 is 0 Å². The van der Waals surface area contributed by atoms with E-state index >= 15 is 0 Å². The number of hydrogen-bond acceptors (Lipinski definition) is 3. The fourth-order valence-electron chi connectivity index (χ4n) is 2.20. The average Bonchev–Trinajstić information content (AvgIpc) is 2.76. The highest BCUT2D eigenvalue weighted by molar-refractivity contribution is 6.30. The third kappa shape index (κ3) is 3.03. The van der Waals surface area contributed by atoms with Crippen LogP contribution in [0.15, 0.2) is 12.1 Å². The van der Waals surface area contributed by atoms with Gasteiger partial charge in [-0.05, 0) is 24.1 Å². The highest BCUT2D eigenvalue weighted by Gasteiger charge is 2.19. The summed E-state index contributed by atoms with van der Waals surface area (Å²) in [5.74, 6) is 0.988. The number of benzene rings is 1. The molecule has 2 N–H and O–H groups in total. The summed E-state index contributed by atoms with van der Waals surface area (Å²) in [6.45, 7) is 2.66. The number of nitrogens with two attached hydrogens (primary N) is 1. The predicted octanol–water partition coefficient (Wildman–Crippen LogP) is 2.51. The number of ether oxygens (including phenoxy) is 1. The topological polar surface area (TPSA) is 52.3 Å². The van der Waals surface area contributed by atoms with Crippen molar-refractivity contribution >= 4 is 17.4 Å². The van der Waals surface area contributed by atoms with Crippen LogP contribution < -0.4 is 10.5 Å². The molecule has 0 aromatic heterocycles. The van der Waals surface area contributed by atoms with Gasteiger partial charge in [0.15, 0.2) is 0 Å². The minimum atomic E-state index is -0.0503. The molecule has 0 saturated carbocycles. The number of halogens is 1. The van der Waals surface area contributed by atoms with Crippen molar-refractivity contribution in [3.05, 3.63) is 28.3 Å². The van der Waals surface area contributed by atoms with E-state index in [9.17, 15) is 4.79 Å². The summed E-state index contributed by atoms with van der Waals surface area (Å²) in [6, 6.07) is 3.68. The number of rotatable bonds is 5. The molecule has 1 atom stereocenters. The molecule has 0 aliphatic carbocycles. The Bertz CT molecular complexity index is 459. The van der Waals surface area contributed by atoms with Crippen molar-refractivity contribution in [2.45, 2.75) is 38.6 Å². The third-order valence-electron chi connectivity index (χ3n) is 3.23. The highest BCUT2D eigenvalue weighted by atomic mass is 35.5. The highest BCUT2D eigenvalue weighted by Crippen LogP contribution is 2.33. The SMILES string of the molecule is CCC(N)CC(=O)Cc1cc(Cl)cc2c1OCC2. The van der Waals surface area contributed by atoms with E-state index in [-0.39, 0.29) is 11.8 Å². The summed E-state index contributed by atoms with van der Waals surface area (Å²) in [4.78, 5) is 11.9. The maximum Gasteiger partial charge on any atom is 0.138 e. The molecule has 0 spiro atoms. The number of Topliss-reactive ketones (excluding diaryl/α,β-unsaturated/α-hetero) is 1. The lowest BCUT2D eigenvalue weighted by Crippen LogP contribution is -2.23. The normalized spacial score (nSPS) is 15.1. The van der Waals surface area contributed by atoms with Crippen LogP contribution in [0.1, 0.15) is 30.9 Å². The van der Waals surface area contributed by atoms with Gasteiger partial charge >= 0.3 is 0 Å². The fraction of sp³-hybridized carbons (Fsp3) is 0.500. The molecule has 4 heteroatoms. The standard InChI is InChI=1S/C14H18ClNO2/c1-2-12(16)8-13(17)7-10-6-11(15)5-9-3-4-18-14(9)10/h5-6,12H,2-4,7-8,16H2,1H3. The van der Waals surface area contributed by atoms with Crippen LogP contribution >= 0.6 is 11.6 Å². The summed E-state index contributed by atoms with van der Waals surface area (Å²) >= 11 is 6.05. The van der Waals surface area contributed by atoms with Crippen LogP contribution in [0.5, 0.6) is 5.75 Å². The molecule has 1 aromatic rings. The van der Waals surface area contributed by atoms with Crippen molar-refractivity contribution in [2.75, 3.05) is 6.61 Å². The molecule has 0 fully saturated rings. The van der Waals surface area contributed by atoms with Gasteiger partial charge in [0.05, 0.1) is 6.61 Å². The molecule has 1 unspecified atom stereocenters. The lowest BCUT2D eigenvalue weighted by atomic mass is 10.00. The van der Waals surface area contributed by atoms with Gasteiger partial charge in [-0.25, -0.2) is 0 Å². The second-order valence-electron chi connectivity index (χ2n) is 4.74. The maximum atomic E-state index is 11.9. The van der Waals surface area contributed by atoms with Gasteiger partial charge in [0.25, 0.3) is 0 Å². The van der Waals surface area contributed by atoms with Crippen LogP contribution in [0.2, 0.25) is 5.02 Å². The largest absolute Gasteiger partial charge is 0.493 e. The van der Waals surface area contributed by atoms with Gasteiger partial charge in [-0.1, -0.05) is 18.5 Å². The molecule has 3 nitrogen and oxygen atoms in total. The Kier molecular flexibility index (Phi) is 4.25. The molecule has 0 radical (unpaired) electrons. The summed E-state index contributed by atoms with van der Waals surface area (Å²) in [5, 5.41) is 0.668. The van der Waals surface area contributed by atoms with Crippen LogP contribution in [0.4, 0.5) is 0 Å². The quantitative estimate of drug-likeness (QED) is 0.892. The summed E-state index contributed by atoms with van der Waals surface area (Å²) < 4.78 is 5.57. The first-order chi connectivity index (χ1) is 8.60. The first kappa shape index (κ1) is 13.4. The summed E-state index contributed by atoms with van der Waals surface area (Å²) in [5.41, 5.74) is 7.79. The molecule has 0 saturated heterocycles. The van der Waals surface area contributed by atoms with E-state index in [1.54, 1.807) is 0 Å². The minimum absolute atomic E-state index is 0.0503. The van der Waals surface area contributed by atoms with Gasteiger partial charge in [-0.3, -0.25) is 4.79 Å². The van der Waals surface area contributed by atoms with Crippen LogP contribution in [-0.4, -0.2) is 18.4 Å². The minimum Gasteiger partial charge on any atom is -0.493 e. The number of carbonyl (C=O) groups is 1. The second kappa shape index (κ2) is 5.72. The van der Waals surface area contributed by atoms with E-state index in [2.05, 4.69) is 0 Å². The predicted molar refractivity (Wildman–Crippen MR) is 72.2 cm³/mol. The van der Waals surface area contributed by atoms with Gasteiger partial charge in [-0.2, -0.15) is 0 Å². The van der Waals surface area contributed by atoms with E-state index in [1.165, 1.54) is 0 Å². The van der Waals surface area contributed by atoms with Crippen molar-refractivity contribution in [3.8, 4) is 5.75 Å². The Morgan fingerprint density at radius 2 is 2.33 bits per heavy atom. The monoisotopic (exact) mass is 267 g/mol. The van der Waals surface area contributed by atoms with Crippen LogP contribution in [0.3, 0.4) is 0 Å². The first-order valence-corrected chi connectivity index (χ1v) is 6.69. The molecular weight excluding hydrogens is 250 g/mol. The Balaban J connectivity index is 2.12. The van der Waals surface area contributed by atoms with Gasteiger partial charge in [0, 0.05) is 35.9 Å². The van der Waals surface area contributed by atoms with Crippen molar-refractivity contribution < 1.29 is 9.53 Å². The molecule has 1 heterocycles. The van der Waals surface area contributed by atoms with Crippen molar-refractivity contribution in [2.24, 2.45) is 5.73 Å². The molecule has 1 aliphatic heterocycles. The van der Waals surface area contributed by atoms with E-state index in [1.807, 2.05) is 19.1 Å². The van der Waals surface area contributed by atoms with Gasteiger partial charge < -0.3 is 10.5 Å². The summed E-state index contributed by atoms with van der Waals surface area (Å²) in [7, 11) is 0. The molecule has 2 rings (SSSR count). The van der Waals surface area contributed by atoms with E-state index in [4.69, 9.17) is 22.1 Å². The van der Waals surface area contributed by atoms with Gasteiger partial charge in [0.1, 0.15) is 11.5 Å². The fourth-order valence-corrected chi connectivity index (χ4v) is 2.46. The number of hydrogen-bond donors (Lipinski definition) is 1. The Morgan fingerprint density at radius 1 is 1.56 bits per heavy atom. The first-order valence-electron chi connectivity index (χ1n) is 6.31. The molecule has 0 bridgehead atoms. The second-order valence-corrected chi connectivity index (χ2v) is 5.18. The van der Waals surface area contributed by atoms with Crippen LogP contribution in [-0.2, 0) is 17.6 Å². The number of fused-ring (bicyclic) bond motifs is 1. The Hall–Kier alpha value is -1.06. The maximum absolute atomic E-state index is 11.9. The molecule has 98 valence electrons. The van der Waals surface area contributed by atoms with E-state index in [0.717, 1.165) is 29.7 Å². The van der Waals surface area contributed by atoms with E-state index in [0.29, 0.717) is 24.5 Å². The average molecular weight is 268 g/mol.